The van der Waals surface area contributed by atoms with Crippen molar-refractivity contribution in [2.75, 3.05) is 13.2 Å². The number of hydrogen-bond acceptors (Lipinski definition) is 3. The molecular weight excluding hydrogens is 210 g/mol. The molecule has 15 heavy (non-hydrogen) atoms. The summed E-state index contributed by atoms with van der Waals surface area (Å²) in [6.07, 6.45) is 1.55. The van der Waals surface area contributed by atoms with E-state index in [1.54, 1.807) is 11.3 Å². The van der Waals surface area contributed by atoms with E-state index in [1.807, 2.05) is 18.4 Å². The largest absolute Gasteiger partial charge is 0.396 e. The predicted molar refractivity (Wildman–Crippen MR) is 61.9 cm³/mol. The van der Waals surface area contributed by atoms with Gasteiger partial charge in [-0.05, 0) is 24.3 Å². The molecule has 1 rings (SSSR count). The van der Waals surface area contributed by atoms with E-state index in [0.29, 0.717) is 13.0 Å². The summed E-state index contributed by atoms with van der Waals surface area (Å²) < 4.78 is 0. The first-order chi connectivity index (χ1) is 7.27. The topological polar surface area (TPSA) is 49.3 Å². The van der Waals surface area contributed by atoms with Gasteiger partial charge in [0.2, 0.25) is 5.91 Å². The Bertz CT molecular complexity index is 281. The van der Waals surface area contributed by atoms with Gasteiger partial charge < -0.3 is 10.4 Å². The van der Waals surface area contributed by atoms with Crippen molar-refractivity contribution >= 4 is 17.2 Å². The van der Waals surface area contributed by atoms with Crippen LogP contribution in [-0.2, 0) is 11.2 Å². The molecule has 1 aromatic heterocycles. The molecule has 2 N–H and O–H groups in total. The van der Waals surface area contributed by atoms with Crippen molar-refractivity contribution < 1.29 is 9.90 Å². The maximum absolute atomic E-state index is 11.5. The third kappa shape index (κ3) is 4.01. The van der Waals surface area contributed by atoms with Gasteiger partial charge in [-0.2, -0.15) is 0 Å². The second kappa shape index (κ2) is 6.58. The fourth-order valence-corrected chi connectivity index (χ4v) is 2.01. The van der Waals surface area contributed by atoms with Crippen LogP contribution in [0.25, 0.3) is 0 Å². The monoisotopic (exact) mass is 227 g/mol. The smallest absolute Gasteiger partial charge is 0.225 e. The standard InChI is InChI=1S/C11H17NO2S/c1-2-9(8-13)11(14)12-6-5-10-4-3-7-15-10/h3-4,7,9,13H,2,5-6,8H2,1H3,(H,12,14). The van der Waals surface area contributed by atoms with E-state index in [-0.39, 0.29) is 18.4 Å². The molecule has 4 heteroatoms. The average molecular weight is 227 g/mol. The lowest BCUT2D eigenvalue weighted by Crippen LogP contribution is -2.33. The van der Waals surface area contributed by atoms with E-state index in [2.05, 4.69) is 11.4 Å². The van der Waals surface area contributed by atoms with Gasteiger partial charge in [-0.15, -0.1) is 11.3 Å². The molecule has 0 spiro atoms. The lowest BCUT2D eigenvalue weighted by molar-refractivity contribution is -0.126. The van der Waals surface area contributed by atoms with Crippen molar-refractivity contribution in [2.45, 2.75) is 19.8 Å². The van der Waals surface area contributed by atoms with E-state index in [0.717, 1.165) is 6.42 Å². The molecule has 0 saturated heterocycles. The Morgan fingerprint density at radius 2 is 2.47 bits per heavy atom. The lowest BCUT2D eigenvalue weighted by atomic mass is 10.1. The second-order valence-electron chi connectivity index (χ2n) is 3.41. The molecule has 3 nitrogen and oxygen atoms in total. The molecule has 84 valence electrons. The third-order valence-electron chi connectivity index (χ3n) is 2.33. The molecule has 0 aliphatic carbocycles. The van der Waals surface area contributed by atoms with E-state index in [1.165, 1.54) is 4.88 Å². The number of carbonyl (C=O) groups is 1. The summed E-state index contributed by atoms with van der Waals surface area (Å²) in [5.41, 5.74) is 0. The van der Waals surface area contributed by atoms with Crippen LogP contribution in [0.4, 0.5) is 0 Å². The molecule has 0 saturated carbocycles. The summed E-state index contributed by atoms with van der Waals surface area (Å²) in [6.45, 7) is 2.48. The van der Waals surface area contributed by atoms with Crippen LogP contribution in [0.3, 0.4) is 0 Å². The molecule has 1 unspecified atom stereocenters. The van der Waals surface area contributed by atoms with Crippen LogP contribution < -0.4 is 5.32 Å². The molecular formula is C11H17NO2S. The number of aliphatic hydroxyl groups excluding tert-OH is 1. The van der Waals surface area contributed by atoms with Crippen LogP contribution in [0.5, 0.6) is 0 Å². The highest BCUT2D eigenvalue weighted by molar-refractivity contribution is 7.09. The van der Waals surface area contributed by atoms with Crippen LogP contribution in [0.1, 0.15) is 18.2 Å². The summed E-state index contributed by atoms with van der Waals surface area (Å²) >= 11 is 1.69. The predicted octanol–water partition coefficient (Wildman–Crippen LogP) is 1.43. The summed E-state index contributed by atoms with van der Waals surface area (Å²) in [5, 5.41) is 13.8. The van der Waals surface area contributed by atoms with Gasteiger partial charge in [-0.3, -0.25) is 4.79 Å². The second-order valence-corrected chi connectivity index (χ2v) is 4.44. The van der Waals surface area contributed by atoms with Crippen LogP contribution >= 0.6 is 11.3 Å². The van der Waals surface area contributed by atoms with E-state index in [4.69, 9.17) is 5.11 Å². The zero-order valence-electron chi connectivity index (χ0n) is 8.90. The van der Waals surface area contributed by atoms with E-state index >= 15 is 0 Å². The zero-order valence-corrected chi connectivity index (χ0v) is 9.72. The van der Waals surface area contributed by atoms with Crippen molar-refractivity contribution in [3.63, 3.8) is 0 Å². The SMILES string of the molecule is CCC(CO)C(=O)NCCc1cccs1. The average Bonchev–Trinajstić information content (AvgIpc) is 2.72. The molecule has 1 heterocycles. The Kier molecular flexibility index (Phi) is 5.36. The number of hydrogen-bond donors (Lipinski definition) is 2. The fraction of sp³-hybridized carbons (Fsp3) is 0.545. The van der Waals surface area contributed by atoms with Gasteiger partial charge in [-0.1, -0.05) is 13.0 Å². The van der Waals surface area contributed by atoms with Gasteiger partial charge >= 0.3 is 0 Å². The summed E-state index contributed by atoms with van der Waals surface area (Å²) in [6, 6.07) is 4.06. The molecule has 1 amide bonds. The van der Waals surface area contributed by atoms with Gasteiger partial charge in [0.1, 0.15) is 0 Å². The minimum atomic E-state index is -0.256. The highest BCUT2D eigenvalue weighted by atomic mass is 32.1. The van der Waals surface area contributed by atoms with Crippen LogP contribution in [0.2, 0.25) is 0 Å². The molecule has 0 aromatic carbocycles. The molecule has 1 atom stereocenters. The Morgan fingerprint density at radius 1 is 1.67 bits per heavy atom. The summed E-state index contributed by atoms with van der Waals surface area (Å²) in [5.74, 6) is -0.301. The molecule has 0 aliphatic rings. The number of thiophene rings is 1. The highest BCUT2D eigenvalue weighted by Gasteiger charge is 2.13. The summed E-state index contributed by atoms with van der Waals surface area (Å²) in [4.78, 5) is 12.7. The van der Waals surface area contributed by atoms with Crippen molar-refractivity contribution in [1.29, 1.82) is 0 Å². The summed E-state index contributed by atoms with van der Waals surface area (Å²) in [7, 11) is 0. The van der Waals surface area contributed by atoms with Crippen molar-refractivity contribution in [3.05, 3.63) is 22.4 Å². The Balaban J connectivity index is 2.22. The number of rotatable bonds is 6. The maximum atomic E-state index is 11.5. The van der Waals surface area contributed by atoms with Crippen molar-refractivity contribution in [3.8, 4) is 0 Å². The number of nitrogens with one attached hydrogen (secondary N) is 1. The minimum Gasteiger partial charge on any atom is -0.396 e. The van der Waals surface area contributed by atoms with E-state index < -0.39 is 0 Å². The quantitative estimate of drug-likeness (QED) is 0.772. The van der Waals surface area contributed by atoms with Crippen molar-refractivity contribution in [2.24, 2.45) is 5.92 Å². The first-order valence-electron chi connectivity index (χ1n) is 5.18. The molecule has 0 bridgehead atoms. The van der Waals surface area contributed by atoms with Crippen LogP contribution in [0.15, 0.2) is 17.5 Å². The molecule has 1 aromatic rings. The Morgan fingerprint density at radius 3 is 3.00 bits per heavy atom. The minimum absolute atomic E-state index is 0.0449. The normalized spacial score (nSPS) is 12.4. The van der Waals surface area contributed by atoms with Crippen LogP contribution in [0, 0.1) is 5.92 Å². The molecule has 0 radical (unpaired) electrons. The maximum Gasteiger partial charge on any atom is 0.225 e. The van der Waals surface area contributed by atoms with Gasteiger partial charge in [0, 0.05) is 11.4 Å². The molecule has 0 aliphatic heterocycles. The number of amides is 1. The molecule has 0 fully saturated rings. The van der Waals surface area contributed by atoms with Gasteiger partial charge in [-0.25, -0.2) is 0 Å². The van der Waals surface area contributed by atoms with Gasteiger partial charge in [0.05, 0.1) is 12.5 Å². The third-order valence-corrected chi connectivity index (χ3v) is 3.27. The van der Waals surface area contributed by atoms with E-state index in [9.17, 15) is 4.79 Å². The lowest BCUT2D eigenvalue weighted by Gasteiger charge is -2.11. The Hall–Kier alpha value is -0.870. The van der Waals surface area contributed by atoms with Gasteiger partial charge in [0.15, 0.2) is 0 Å². The Labute approximate surface area is 94.1 Å². The zero-order chi connectivity index (χ0) is 11.1. The van der Waals surface area contributed by atoms with Crippen LogP contribution in [-0.4, -0.2) is 24.2 Å². The van der Waals surface area contributed by atoms with Gasteiger partial charge in [0.25, 0.3) is 0 Å². The number of carbonyl (C=O) groups excluding carboxylic acids is 1. The number of aliphatic hydroxyl groups is 1. The fourth-order valence-electron chi connectivity index (χ4n) is 1.31. The highest BCUT2D eigenvalue weighted by Crippen LogP contribution is 2.08. The first-order valence-corrected chi connectivity index (χ1v) is 6.06. The first kappa shape index (κ1) is 12.2. The van der Waals surface area contributed by atoms with Crippen molar-refractivity contribution in [1.82, 2.24) is 5.32 Å².